The first-order valence-electron chi connectivity index (χ1n) is 13.0. The predicted octanol–water partition coefficient (Wildman–Crippen LogP) is 6.48. The Morgan fingerprint density at radius 1 is 0.531 bits per heavy atom. The van der Waals surface area contributed by atoms with Gasteiger partial charge in [0, 0.05) is 0 Å². The Bertz CT molecular complexity index is 660. The predicted molar refractivity (Wildman–Crippen MR) is 132 cm³/mol. The molecule has 6 heteroatoms. The molecule has 0 bridgehead atoms. The fourth-order valence-electron chi connectivity index (χ4n) is 5.32. The van der Waals surface area contributed by atoms with Crippen molar-refractivity contribution < 1.29 is 18.6 Å². The van der Waals surface area contributed by atoms with Crippen molar-refractivity contribution in [3.63, 3.8) is 0 Å². The van der Waals surface area contributed by atoms with Crippen LogP contribution in [0.25, 0.3) is 0 Å². The summed E-state index contributed by atoms with van der Waals surface area (Å²) in [6, 6.07) is 0. The van der Waals surface area contributed by atoms with Gasteiger partial charge in [0.15, 0.2) is 0 Å². The van der Waals surface area contributed by atoms with E-state index < -0.39 is 14.2 Å². The molecule has 0 atom stereocenters. The molecular formula is C26H44B2O4. The molecule has 0 amide bonds. The highest BCUT2D eigenvalue weighted by Gasteiger charge is 2.57. The Morgan fingerprint density at radius 2 is 0.781 bits per heavy atom. The quantitative estimate of drug-likeness (QED) is 0.361. The van der Waals surface area contributed by atoms with Crippen LogP contribution >= 0.6 is 0 Å². The minimum absolute atomic E-state index is 0.374. The molecule has 0 N–H and O–H groups in total. The molecule has 4 rings (SSSR count). The van der Waals surface area contributed by atoms with Gasteiger partial charge in [-0.15, -0.1) is 0 Å². The summed E-state index contributed by atoms with van der Waals surface area (Å²) in [4.78, 5) is 0. The van der Waals surface area contributed by atoms with Crippen LogP contribution in [0.15, 0.2) is 23.1 Å². The number of hydrogen-bond donors (Lipinski definition) is 0. The summed E-state index contributed by atoms with van der Waals surface area (Å²) in [6.45, 7) is 17.1. The van der Waals surface area contributed by atoms with Gasteiger partial charge in [-0.25, -0.2) is 0 Å². The second-order valence-electron chi connectivity index (χ2n) is 12.5. The average molecular weight is 442 g/mol. The first-order valence-corrected chi connectivity index (χ1v) is 13.0. The van der Waals surface area contributed by atoms with Crippen molar-refractivity contribution in [2.75, 3.05) is 0 Å². The molecule has 2 aliphatic carbocycles. The molecular weight excluding hydrogens is 398 g/mol. The van der Waals surface area contributed by atoms with E-state index in [2.05, 4.69) is 67.5 Å². The maximum absolute atomic E-state index is 6.60. The normalized spacial score (nSPS) is 30.6. The molecule has 178 valence electrons. The van der Waals surface area contributed by atoms with Crippen molar-refractivity contribution >= 4 is 14.2 Å². The van der Waals surface area contributed by atoms with Crippen molar-refractivity contribution in [2.24, 2.45) is 11.8 Å². The molecule has 2 aliphatic heterocycles. The summed E-state index contributed by atoms with van der Waals surface area (Å²) >= 11 is 0. The lowest BCUT2D eigenvalue weighted by Crippen LogP contribution is -2.41. The van der Waals surface area contributed by atoms with Gasteiger partial charge in [0.05, 0.1) is 22.4 Å². The molecule has 4 fully saturated rings. The smallest absolute Gasteiger partial charge is 0.399 e. The molecule has 0 radical (unpaired) electrons. The Balaban J connectivity index is 1.75. The molecule has 2 saturated heterocycles. The van der Waals surface area contributed by atoms with Crippen LogP contribution in [0.2, 0.25) is 0 Å². The van der Waals surface area contributed by atoms with E-state index in [0.29, 0.717) is 11.8 Å². The summed E-state index contributed by atoms with van der Waals surface area (Å²) in [5.74, 6) is 1.14. The molecule has 0 aromatic rings. The molecule has 0 unspecified atom stereocenters. The fourth-order valence-corrected chi connectivity index (χ4v) is 5.32. The third kappa shape index (κ3) is 4.67. The van der Waals surface area contributed by atoms with Crippen molar-refractivity contribution in [3.8, 4) is 0 Å². The van der Waals surface area contributed by atoms with Crippen LogP contribution in [-0.2, 0) is 18.6 Å². The highest BCUT2D eigenvalue weighted by Crippen LogP contribution is 2.45. The van der Waals surface area contributed by atoms with Crippen molar-refractivity contribution in [3.05, 3.63) is 23.1 Å². The summed E-state index contributed by atoms with van der Waals surface area (Å²) in [5, 5.41) is 0. The van der Waals surface area contributed by atoms with E-state index in [-0.39, 0.29) is 22.4 Å². The zero-order valence-electron chi connectivity index (χ0n) is 21.8. The summed E-state index contributed by atoms with van der Waals surface area (Å²) in [7, 11) is -0.792. The van der Waals surface area contributed by atoms with E-state index in [9.17, 15) is 0 Å². The van der Waals surface area contributed by atoms with Crippen LogP contribution in [0.5, 0.6) is 0 Å². The zero-order valence-corrected chi connectivity index (χ0v) is 21.8. The maximum Gasteiger partial charge on any atom is 0.494 e. The van der Waals surface area contributed by atoms with Crippen molar-refractivity contribution in [2.45, 2.75) is 129 Å². The van der Waals surface area contributed by atoms with E-state index in [1.165, 1.54) is 51.4 Å². The summed E-state index contributed by atoms with van der Waals surface area (Å²) in [6.07, 6.45) is 15.1. The van der Waals surface area contributed by atoms with Crippen LogP contribution in [0.3, 0.4) is 0 Å². The van der Waals surface area contributed by atoms with Crippen LogP contribution in [-0.4, -0.2) is 36.6 Å². The van der Waals surface area contributed by atoms with Crippen LogP contribution in [0.1, 0.15) is 107 Å². The Labute approximate surface area is 197 Å². The SMILES string of the molecule is CC1(C)OB(C(=C\C2CCCC2)/C(=C/C2CCCC2)B2OC(C)(C)C(C)(C)O2)OC1(C)C. The molecule has 32 heavy (non-hydrogen) atoms. The Morgan fingerprint density at radius 3 is 1.03 bits per heavy atom. The molecule has 0 aromatic carbocycles. The van der Waals surface area contributed by atoms with Crippen molar-refractivity contribution in [1.29, 1.82) is 0 Å². The Kier molecular flexibility index (Phi) is 6.60. The zero-order chi connectivity index (χ0) is 23.4. The lowest BCUT2D eigenvalue weighted by atomic mass is 9.60. The van der Waals surface area contributed by atoms with E-state index in [1.54, 1.807) is 0 Å². The van der Waals surface area contributed by atoms with Crippen LogP contribution < -0.4 is 0 Å². The van der Waals surface area contributed by atoms with Crippen LogP contribution in [0.4, 0.5) is 0 Å². The first-order chi connectivity index (χ1) is 14.8. The van der Waals surface area contributed by atoms with Gasteiger partial charge < -0.3 is 18.6 Å². The van der Waals surface area contributed by atoms with Gasteiger partial charge >= 0.3 is 14.2 Å². The molecule has 4 aliphatic rings. The van der Waals surface area contributed by atoms with Gasteiger partial charge in [-0.05, 0) is 104 Å². The monoisotopic (exact) mass is 442 g/mol. The summed E-state index contributed by atoms with van der Waals surface area (Å²) < 4.78 is 26.4. The van der Waals surface area contributed by atoms with Gasteiger partial charge in [-0.1, -0.05) is 37.8 Å². The number of hydrogen-bond acceptors (Lipinski definition) is 4. The van der Waals surface area contributed by atoms with Gasteiger partial charge in [0.25, 0.3) is 0 Å². The lowest BCUT2D eigenvalue weighted by molar-refractivity contribution is 0.00578. The van der Waals surface area contributed by atoms with Gasteiger partial charge in [-0.3, -0.25) is 0 Å². The summed E-state index contributed by atoms with van der Waals surface area (Å²) in [5.41, 5.74) is 0.783. The third-order valence-electron chi connectivity index (χ3n) is 8.98. The largest absolute Gasteiger partial charge is 0.494 e. The van der Waals surface area contributed by atoms with Gasteiger partial charge in [-0.2, -0.15) is 0 Å². The fraction of sp³-hybridized carbons (Fsp3) is 0.846. The number of allylic oxidation sites excluding steroid dienone is 4. The van der Waals surface area contributed by atoms with E-state index >= 15 is 0 Å². The van der Waals surface area contributed by atoms with Crippen LogP contribution in [0, 0.1) is 11.8 Å². The van der Waals surface area contributed by atoms with Gasteiger partial charge in [0.2, 0.25) is 0 Å². The lowest BCUT2D eigenvalue weighted by Gasteiger charge is -2.32. The first kappa shape index (κ1) is 24.6. The molecule has 0 spiro atoms. The van der Waals surface area contributed by atoms with E-state index in [0.717, 1.165) is 10.9 Å². The molecule has 2 saturated carbocycles. The second-order valence-corrected chi connectivity index (χ2v) is 12.5. The molecule has 2 heterocycles. The standard InChI is InChI=1S/C26H44B2O4/c1-23(2)24(3,4)30-27(29-23)21(17-19-13-9-10-14-19)22(18-20-15-11-12-16-20)28-31-25(5,6)26(7,8)32-28/h17-20H,9-16H2,1-8H3/b21-17-,22-18-. The maximum atomic E-state index is 6.60. The Hall–Kier alpha value is -0.550. The average Bonchev–Trinajstić information content (AvgIpc) is 3.41. The minimum Gasteiger partial charge on any atom is -0.399 e. The third-order valence-corrected chi connectivity index (χ3v) is 8.98. The topological polar surface area (TPSA) is 36.9 Å². The van der Waals surface area contributed by atoms with Crippen molar-refractivity contribution in [1.82, 2.24) is 0 Å². The minimum atomic E-state index is -0.396. The highest BCUT2D eigenvalue weighted by atomic mass is 16.7. The van der Waals surface area contributed by atoms with E-state index in [4.69, 9.17) is 18.6 Å². The van der Waals surface area contributed by atoms with E-state index in [1.807, 2.05) is 0 Å². The second kappa shape index (κ2) is 8.59. The van der Waals surface area contributed by atoms with Gasteiger partial charge in [0.1, 0.15) is 0 Å². The molecule has 4 nitrogen and oxygen atoms in total. The molecule has 0 aromatic heterocycles. The highest BCUT2D eigenvalue weighted by molar-refractivity contribution is 6.66. The number of rotatable bonds is 5.